The molecular weight excluding hydrogens is 295 g/mol. The third-order valence-electron chi connectivity index (χ3n) is 2.57. The Morgan fingerprint density at radius 3 is 2.71 bits per heavy atom. The van der Waals surface area contributed by atoms with E-state index in [1.807, 2.05) is 0 Å². The Kier molecular flexibility index (Phi) is 3.10. The number of nitro groups is 1. The van der Waals surface area contributed by atoms with Crippen LogP contribution in [0.3, 0.4) is 0 Å². The average Bonchev–Trinajstić information content (AvgIpc) is 2.60. The van der Waals surface area contributed by atoms with Crippen LogP contribution < -0.4 is 4.90 Å². The van der Waals surface area contributed by atoms with Crippen molar-refractivity contribution in [2.24, 2.45) is 0 Å². The molecule has 1 fully saturated rings. The molecule has 90 valence electrons. The molecule has 1 atom stereocenters. The summed E-state index contributed by atoms with van der Waals surface area (Å²) < 4.78 is 13.6. The van der Waals surface area contributed by atoms with Crippen LogP contribution in [0.25, 0.3) is 0 Å². The molecule has 0 aliphatic carbocycles. The van der Waals surface area contributed by atoms with Gasteiger partial charge in [0.1, 0.15) is 0 Å². The van der Waals surface area contributed by atoms with E-state index in [1.165, 1.54) is 17.0 Å². The Bertz CT molecular complexity index is 494. The zero-order chi connectivity index (χ0) is 12.6. The van der Waals surface area contributed by atoms with Crippen molar-refractivity contribution in [1.82, 2.24) is 0 Å². The van der Waals surface area contributed by atoms with Crippen molar-refractivity contribution in [3.05, 3.63) is 34.1 Å². The van der Waals surface area contributed by atoms with Crippen LogP contribution in [-0.2, 0) is 4.79 Å². The van der Waals surface area contributed by atoms with Gasteiger partial charge in [-0.15, -0.1) is 0 Å². The lowest BCUT2D eigenvalue weighted by Gasteiger charge is -2.16. The van der Waals surface area contributed by atoms with Crippen LogP contribution in [0.4, 0.5) is 15.8 Å². The molecule has 0 saturated carbocycles. The molecule has 1 heterocycles. The largest absolute Gasteiger partial charge is 0.309 e. The number of halogens is 2. The molecule has 17 heavy (non-hydrogen) atoms. The number of hydrogen-bond acceptors (Lipinski definition) is 3. The fourth-order valence-electron chi connectivity index (χ4n) is 1.71. The van der Waals surface area contributed by atoms with E-state index in [-0.39, 0.29) is 22.1 Å². The lowest BCUT2D eigenvalue weighted by molar-refractivity contribution is -0.385. The Hall–Kier alpha value is -1.50. The molecule has 1 amide bonds. The van der Waals surface area contributed by atoms with Gasteiger partial charge in [0.2, 0.25) is 5.91 Å². The Morgan fingerprint density at radius 2 is 2.24 bits per heavy atom. The molecular formula is C10H8BrFN2O3. The monoisotopic (exact) mass is 302 g/mol. The zero-order valence-electron chi connectivity index (χ0n) is 8.60. The number of benzene rings is 1. The van der Waals surface area contributed by atoms with E-state index in [2.05, 4.69) is 15.9 Å². The summed E-state index contributed by atoms with van der Waals surface area (Å²) in [6, 6.07) is 3.27. The van der Waals surface area contributed by atoms with E-state index in [0.29, 0.717) is 13.0 Å². The summed E-state index contributed by atoms with van der Waals surface area (Å²) in [5, 5.41) is 10.5. The zero-order valence-corrected chi connectivity index (χ0v) is 10.2. The number of rotatable bonds is 2. The third kappa shape index (κ3) is 2.14. The van der Waals surface area contributed by atoms with Gasteiger partial charge in [-0.05, 0) is 12.5 Å². The lowest BCUT2D eigenvalue weighted by atomic mass is 10.2. The van der Waals surface area contributed by atoms with Gasteiger partial charge in [0.05, 0.1) is 21.5 Å². The van der Waals surface area contributed by atoms with Gasteiger partial charge in [0.15, 0.2) is 5.82 Å². The van der Waals surface area contributed by atoms with Crippen molar-refractivity contribution >= 4 is 33.2 Å². The maximum atomic E-state index is 13.6. The smallest absolute Gasteiger partial charge is 0.272 e. The SMILES string of the molecule is O=C1C(Br)CCN1c1ccc([N+](=O)[O-])cc1F. The first-order valence-electron chi connectivity index (χ1n) is 4.90. The highest BCUT2D eigenvalue weighted by Crippen LogP contribution is 2.29. The van der Waals surface area contributed by atoms with Gasteiger partial charge in [-0.25, -0.2) is 4.39 Å². The number of amides is 1. The van der Waals surface area contributed by atoms with Gasteiger partial charge in [0, 0.05) is 12.6 Å². The van der Waals surface area contributed by atoms with Gasteiger partial charge < -0.3 is 4.90 Å². The van der Waals surface area contributed by atoms with E-state index in [0.717, 1.165) is 6.07 Å². The number of alkyl halides is 1. The number of nitrogens with zero attached hydrogens (tertiary/aromatic N) is 2. The Labute approximate surface area is 104 Å². The molecule has 0 aromatic heterocycles. The molecule has 1 aromatic rings. The van der Waals surface area contributed by atoms with Crippen molar-refractivity contribution in [3.8, 4) is 0 Å². The first kappa shape index (κ1) is 12.0. The number of non-ortho nitro benzene ring substituents is 1. The molecule has 1 aliphatic heterocycles. The minimum absolute atomic E-state index is 0.0857. The molecule has 1 saturated heterocycles. The summed E-state index contributed by atoms with van der Waals surface area (Å²) in [5.74, 6) is -0.980. The third-order valence-corrected chi connectivity index (χ3v) is 3.42. The van der Waals surface area contributed by atoms with E-state index in [4.69, 9.17) is 0 Å². The van der Waals surface area contributed by atoms with E-state index in [1.54, 1.807) is 0 Å². The van der Waals surface area contributed by atoms with Gasteiger partial charge in [-0.3, -0.25) is 14.9 Å². The second kappa shape index (κ2) is 4.40. The average molecular weight is 303 g/mol. The predicted octanol–water partition coefficient (Wildman–Crippen LogP) is 2.23. The van der Waals surface area contributed by atoms with Gasteiger partial charge in [-0.2, -0.15) is 0 Å². The highest BCUT2D eigenvalue weighted by molar-refractivity contribution is 9.10. The molecule has 5 nitrogen and oxygen atoms in total. The van der Waals surface area contributed by atoms with Crippen molar-refractivity contribution in [1.29, 1.82) is 0 Å². The van der Waals surface area contributed by atoms with Crippen LogP contribution >= 0.6 is 15.9 Å². The molecule has 1 unspecified atom stereocenters. The summed E-state index contributed by atoms with van der Waals surface area (Å²) in [6.07, 6.45) is 0.593. The predicted molar refractivity (Wildman–Crippen MR) is 62.7 cm³/mol. The van der Waals surface area contributed by atoms with Crippen molar-refractivity contribution < 1.29 is 14.1 Å². The number of hydrogen-bond donors (Lipinski definition) is 0. The molecule has 1 aromatic carbocycles. The quantitative estimate of drug-likeness (QED) is 0.478. The second-order valence-electron chi connectivity index (χ2n) is 3.64. The fraction of sp³-hybridized carbons (Fsp3) is 0.300. The number of nitro benzene ring substituents is 1. The number of carbonyl (C=O) groups is 1. The molecule has 0 bridgehead atoms. The van der Waals surface area contributed by atoms with Gasteiger partial charge in [0.25, 0.3) is 5.69 Å². The summed E-state index contributed by atoms with van der Waals surface area (Å²) in [7, 11) is 0. The van der Waals surface area contributed by atoms with Crippen molar-refractivity contribution in [3.63, 3.8) is 0 Å². The van der Waals surface area contributed by atoms with E-state index >= 15 is 0 Å². The second-order valence-corrected chi connectivity index (χ2v) is 4.74. The maximum absolute atomic E-state index is 13.6. The van der Waals surface area contributed by atoms with Crippen molar-refractivity contribution in [2.45, 2.75) is 11.2 Å². The molecule has 1 aliphatic rings. The minimum Gasteiger partial charge on any atom is -0.309 e. The fourth-order valence-corrected chi connectivity index (χ4v) is 2.16. The Morgan fingerprint density at radius 1 is 1.53 bits per heavy atom. The molecule has 0 radical (unpaired) electrons. The van der Waals surface area contributed by atoms with Crippen LogP contribution in [0, 0.1) is 15.9 Å². The number of carbonyl (C=O) groups excluding carboxylic acids is 1. The summed E-state index contributed by atoms with van der Waals surface area (Å²) in [6.45, 7) is 0.406. The van der Waals surface area contributed by atoms with Crippen LogP contribution in [0.2, 0.25) is 0 Å². The highest BCUT2D eigenvalue weighted by atomic mass is 79.9. The topological polar surface area (TPSA) is 63.5 Å². The summed E-state index contributed by atoms with van der Waals surface area (Å²) in [5.41, 5.74) is -0.240. The van der Waals surface area contributed by atoms with Gasteiger partial charge >= 0.3 is 0 Å². The van der Waals surface area contributed by atoms with Crippen LogP contribution in [-0.4, -0.2) is 22.2 Å². The minimum atomic E-state index is -0.755. The first-order valence-corrected chi connectivity index (χ1v) is 5.81. The van der Waals surface area contributed by atoms with E-state index in [9.17, 15) is 19.3 Å². The summed E-state index contributed by atoms with van der Waals surface area (Å²) >= 11 is 3.18. The van der Waals surface area contributed by atoms with Crippen LogP contribution in [0.1, 0.15) is 6.42 Å². The van der Waals surface area contributed by atoms with Gasteiger partial charge in [-0.1, -0.05) is 15.9 Å². The molecule has 7 heteroatoms. The molecule has 0 N–H and O–H groups in total. The lowest BCUT2D eigenvalue weighted by Crippen LogP contribution is -2.27. The normalized spacial score (nSPS) is 19.8. The maximum Gasteiger partial charge on any atom is 0.272 e. The van der Waals surface area contributed by atoms with Crippen LogP contribution in [0.15, 0.2) is 18.2 Å². The number of anilines is 1. The molecule has 0 spiro atoms. The summed E-state index contributed by atoms with van der Waals surface area (Å²) in [4.78, 5) is 22.4. The Balaban J connectivity index is 2.34. The first-order chi connectivity index (χ1) is 8.00. The standard InChI is InChI=1S/C10H8BrFN2O3/c11-7-3-4-13(10(7)15)9-2-1-6(14(16)17)5-8(9)12/h1-2,5,7H,3-4H2. The molecule has 2 rings (SSSR count). The van der Waals surface area contributed by atoms with Crippen molar-refractivity contribution in [2.75, 3.05) is 11.4 Å². The highest BCUT2D eigenvalue weighted by Gasteiger charge is 2.32. The van der Waals surface area contributed by atoms with Crippen LogP contribution in [0.5, 0.6) is 0 Å². The van der Waals surface area contributed by atoms with E-state index < -0.39 is 10.7 Å².